The topological polar surface area (TPSA) is 127 Å². The number of phenolic OH excluding ortho intramolecular Hbond substituents is 1. The molecule has 2 heterocycles. The number of nitrogens with one attached hydrogen (secondary N) is 3. The molecule has 1 aromatic heterocycles. The van der Waals surface area contributed by atoms with Crippen molar-refractivity contribution in [2.75, 3.05) is 20.1 Å². The van der Waals surface area contributed by atoms with Crippen LogP contribution in [0.15, 0.2) is 30.3 Å². The molecular weight excluding hydrogens is 458 g/mol. The number of carbonyl (C=O) groups is 3. The van der Waals surface area contributed by atoms with Crippen LogP contribution in [0.3, 0.4) is 0 Å². The highest BCUT2D eigenvalue weighted by Gasteiger charge is 2.30. The summed E-state index contributed by atoms with van der Waals surface area (Å²) < 4.78 is 0. The van der Waals surface area contributed by atoms with E-state index in [-0.39, 0.29) is 34.8 Å². The molecule has 1 aliphatic heterocycles. The number of rotatable bonds is 7. The number of fused-ring (bicyclic) bond motifs is 2. The first-order valence-electron chi connectivity index (χ1n) is 12.6. The fourth-order valence-electron chi connectivity index (χ4n) is 5.22. The third-order valence-electron chi connectivity index (χ3n) is 7.26. The number of ketones is 1. The number of likely N-dealkylation sites (N-methyl/N-ethyl adjacent to an activating group) is 1. The Morgan fingerprint density at radius 2 is 1.83 bits per heavy atom. The van der Waals surface area contributed by atoms with Crippen molar-refractivity contribution in [2.45, 2.75) is 45.2 Å². The molecule has 1 fully saturated rings. The molecule has 0 unspecified atom stereocenters. The number of amides is 2. The zero-order valence-electron chi connectivity index (χ0n) is 20.4. The van der Waals surface area contributed by atoms with Crippen molar-refractivity contribution in [1.29, 1.82) is 0 Å². The second-order valence-corrected chi connectivity index (χ2v) is 9.69. The summed E-state index contributed by atoms with van der Waals surface area (Å²) in [5, 5.41) is 24.1. The molecule has 4 N–H and O–H groups in total. The number of H-pyrrole nitrogens is 1. The van der Waals surface area contributed by atoms with Gasteiger partial charge in [-0.1, -0.05) is 25.3 Å². The van der Waals surface area contributed by atoms with Crippen molar-refractivity contribution in [3.63, 3.8) is 0 Å². The zero-order chi connectivity index (χ0) is 25.2. The monoisotopic (exact) mass is 489 g/mol. The number of nitrogens with zero attached hydrogens (tertiary/aromatic N) is 2. The fraction of sp³-hybridized carbons (Fsp3) is 0.407. The van der Waals surface area contributed by atoms with Crippen molar-refractivity contribution in [1.82, 2.24) is 25.7 Å². The Labute approximate surface area is 209 Å². The number of carbonyl (C=O) groups excluding carboxylic acids is 3. The minimum Gasteiger partial charge on any atom is -0.507 e. The number of aromatic amines is 1. The van der Waals surface area contributed by atoms with Crippen molar-refractivity contribution < 1.29 is 19.5 Å². The van der Waals surface area contributed by atoms with Crippen molar-refractivity contribution in [3.05, 3.63) is 58.3 Å². The number of hydrogen-bond donors (Lipinski definition) is 4. The van der Waals surface area contributed by atoms with Gasteiger partial charge in [-0.2, -0.15) is 5.10 Å². The summed E-state index contributed by atoms with van der Waals surface area (Å²) in [4.78, 5) is 40.6. The van der Waals surface area contributed by atoms with E-state index in [0.29, 0.717) is 48.3 Å². The van der Waals surface area contributed by atoms with Crippen LogP contribution in [-0.4, -0.2) is 57.9 Å². The summed E-state index contributed by atoms with van der Waals surface area (Å²) in [6, 6.07) is 8.49. The van der Waals surface area contributed by atoms with Crippen molar-refractivity contribution in [3.8, 4) is 5.75 Å². The molecular formula is C27H31N5O4. The van der Waals surface area contributed by atoms with Gasteiger partial charge in [-0.15, -0.1) is 0 Å². The number of aromatic nitrogens is 2. The highest BCUT2D eigenvalue weighted by atomic mass is 16.3. The van der Waals surface area contributed by atoms with E-state index < -0.39 is 0 Å². The lowest BCUT2D eigenvalue weighted by Gasteiger charge is -2.19. The molecule has 1 saturated carbocycles. The maximum Gasteiger partial charge on any atom is 0.258 e. The van der Waals surface area contributed by atoms with Gasteiger partial charge in [0.2, 0.25) is 0 Å². The molecule has 36 heavy (non-hydrogen) atoms. The lowest BCUT2D eigenvalue weighted by Crippen LogP contribution is -2.30. The Balaban J connectivity index is 1.36. The highest BCUT2D eigenvalue weighted by molar-refractivity contribution is 6.10. The summed E-state index contributed by atoms with van der Waals surface area (Å²) in [6.07, 6.45) is 4.95. The standard InChI is InChI=1S/C27H31N5O4/c1-28-9-10-29-26(35)17-7-8-18-14-32(15-19(18)11-17)27(36)21-12-20-22(13-23(21)33)30-31-24(20)25(34)16-5-3-2-4-6-16/h7-8,11-13,16,28,33H,2-6,9-10,14-15H2,1H3,(H,29,35)(H,30,31). The van der Waals surface area contributed by atoms with E-state index in [1.807, 2.05) is 19.2 Å². The first-order valence-corrected chi connectivity index (χ1v) is 12.6. The van der Waals surface area contributed by atoms with Crippen LogP contribution in [0.1, 0.15) is 74.4 Å². The van der Waals surface area contributed by atoms with Gasteiger partial charge in [0.1, 0.15) is 11.4 Å². The predicted octanol–water partition coefficient (Wildman–Crippen LogP) is 3.14. The molecule has 5 rings (SSSR count). The molecule has 1 aliphatic carbocycles. The van der Waals surface area contributed by atoms with Crippen LogP contribution in [-0.2, 0) is 13.1 Å². The van der Waals surface area contributed by atoms with Gasteiger partial charge in [-0.3, -0.25) is 19.5 Å². The summed E-state index contributed by atoms with van der Waals surface area (Å²) in [5.41, 5.74) is 3.42. The first-order chi connectivity index (χ1) is 17.5. The molecule has 0 saturated heterocycles. The summed E-state index contributed by atoms with van der Waals surface area (Å²) in [5.74, 6) is -0.692. The smallest absolute Gasteiger partial charge is 0.258 e. The molecule has 0 radical (unpaired) electrons. The van der Waals surface area contributed by atoms with Gasteiger partial charge >= 0.3 is 0 Å². The Kier molecular flexibility index (Phi) is 6.73. The maximum absolute atomic E-state index is 13.4. The molecule has 3 aromatic rings. The van der Waals surface area contributed by atoms with E-state index in [0.717, 1.165) is 43.2 Å². The number of aromatic hydroxyl groups is 1. The normalized spacial score (nSPS) is 15.8. The Morgan fingerprint density at radius 1 is 1.06 bits per heavy atom. The molecule has 0 atom stereocenters. The van der Waals surface area contributed by atoms with E-state index in [9.17, 15) is 19.5 Å². The number of hydrogen-bond acceptors (Lipinski definition) is 6. The van der Waals surface area contributed by atoms with Crippen LogP contribution in [0.5, 0.6) is 5.75 Å². The van der Waals surface area contributed by atoms with Gasteiger partial charge in [-0.25, -0.2) is 0 Å². The average Bonchev–Trinajstić information content (AvgIpc) is 3.51. The third kappa shape index (κ3) is 4.58. The molecule has 188 valence electrons. The highest BCUT2D eigenvalue weighted by Crippen LogP contribution is 2.33. The molecule has 0 bridgehead atoms. The SMILES string of the molecule is CNCCNC(=O)c1ccc2c(c1)CN(C(=O)c1cc3c(C(=O)C4CCCCC4)n[nH]c3cc1O)C2. The van der Waals surface area contributed by atoms with Crippen LogP contribution in [0.25, 0.3) is 10.9 Å². The quantitative estimate of drug-likeness (QED) is 0.298. The Morgan fingerprint density at radius 3 is 2.61 bits per heavy atom. The van der Waals surface area contributed by atoms with Crippen LogP contribution in [0.4, 0.5) is 0 Å². The molecule has 9 nitrogen and oxygen atoms in total. The van der Waals surface area contributed by atoms with Gasteiger partial charge in [-0.05, 0) is 49.2 Å². The van der Waals surface area contributed by atoms with Crippen LogP contribution >= 0.6 is 0 Å². The van der Waals surface area contributed by atoms with E-state index in [1.54, 1.807) is 17.0 Å². The molecule has 0 spiro atoms. The minimum absolute atomic E-state index is 0.000796. The molecule has 9 heteroatoms. The van der Waals surface area contributed by atoms with Gasteiger partial charge in [0, 0.05) is 49.1 Å². The van der Waals surface area contributed by atoms with E-state index >= 15 is 0 Å². The average molecular weight is 490 g/mol. The predicted molar refractivity (Wildman–Crippen MR) is 135 cm³/mol. The molecule has 2 aliphatic rings. The second-order valence-electron chi connectivity index (χ2n) is 9.69. The Bertz CT molecular complexity index is 1330. The van der Waals surface area contributed by atoms with E-state index in [1.165, 1.54) is 6.07 Å². The van der Waals surface area contributed by atoms with Crippen LogP contribution < -0.4 is 10.6 Å². The minimum atomic E-state index is -0.331. The van der Waals surface area contributed by atoms with E-state index in [2.05, 4.69) is 20.8 Å². The first kappa shape index (κ1) is 24.0. The largest absolute Gasteiger partial charge is 0.507 e. The lowest BCUT2D eigenvalue weighted by atomic mass is 9.84. The van der Waals surface area contributed by atoms with Crippen molar-refractivity contribution in [2.24, 2.45) is 5.92 Å². The summed E-state index contributed by atoms with van der Waals surface area (Å²) in [7, 11) is 1.82. The van der Waals surface area contributed by atoms with Gasteiger partial charge in [0.05, 0.1) is 11.1 Å². The molecule has 2 amide bonds. The summed E-state index contributed by atoms with van der Waals surface area (Å²) >= 11 is 0. The zero-order valence-corrected chi connectivity index (χ0v) is 20.4. The number of Topliss-reactive ketones (excluding diaryl/α,β-unsaturated/α-hetero) is 1. The lowest BCUT2D eigenvalue weighted by molar-refractivity contribution is 0.0748. The second kappa shape index (κ2) is 10.1. The van der Waals surface area contributed by atoms with E-state index in [4.69, 9.17) is 0 Å². The van der Waals surface area contributed by atoms with Gasteiger partial charge in [0.25, 0.3) is 11.8 Å². The van der Waals surface area contributed by atoms with Crippen LogP contribution in [0.2, 0.25) is 0 Å². The maximum atomic E-state index is 13.4. The summed E-state index contributed by atoms with van der Waals surface area (Å²) in [6.45, 7) is 1.92. The van der Waals surface area contributed by atoms with Gasteiger partial charge < -0.3 is 20.6 Å². The van der Waals surface area contributed by atoms with Crippen molar-refractivity contribution >= 4 is 28.5 Å². The number of phenols is 1. The van der Waals surface area contributed by atoms with Crippen LogP contribution in [0, 0.1) is 5.92 Å². The fourth-order valence-corrected chi connectivity index (χ4v) is 5.22. The Hall–Kier alpha value is -3.72. The third-order valence-corrected chi connectivity index (χ3v) is 7.26. The number of benzene rings is 2. The molecule has 2 aromatic carbocycles. The van der Waals surface area contributed by atoms with Gasteiger partial charge in [0.15, 0.2) is 5.78 Å².